The van der Waals surface area contributed by atoms with Crippen molar-refractivity contribution in [3.63, 3.8) is 0 Å². The number of carbonyl (C=O) groups is 1. The van der Waals surface area contributed by atoms with Gasteiger partial charge in [-0.1, -0.05) is 0 Å². The first-order chi connectivity index (χ1) is 9.67. The minimum absolute atomic E-state index is 0.315. The van der Waals surface area contributed by atoms with Crippen molar-refractivity contribution in [1.82, 2.24) is 4.90 Å². The van der Waals surface area contributed by atoms with Gasteiger partial charge in [-0.05, 0) is 44.5 Å². The van der Waals surface area contributed by atoms with Gasteiger partial charge in [0.2, 0.25) is 0 Å². The average Bonchev–Trinajstić information content (AvgIpc) is 2.43. The number of nitrogens with zero attached hydrogens (tertiary/aromatic N) is 1. The van der Waals surface area contributed by atoms with Crippen molar-refractivity contribution in [2.45, 2.75) is 32.5 Å². The Morgan fingerprint density at radius 3 is 2.50 bits per heavy atom. The maximum Gasteiger partial charge on any atom is 0.150 e. The number of benzene rings is 1. The van der Waals surface area contributed by atoms with Gasteiger partial charge in [-0.2, -0.15) is 0 Å². The van der Waals surface area contributed by atoms with Crippen LogP contribution in [0, 0.1) is 0 Å². The maximum absolute atomic E-state index is 10.5. The molecule has 0 saturated carbocycles. The van der Waals surface area contributed by atoms with Crippen molar-refractivity contribution in [3.8, 4) is 5.75 Å². The molecular formula is C16H23NO3. The maximum atomic E-state index is 10.5. The Morgan fingerprint density at radius 1 is 1.25 bits per heavy atom. The second-order valence-electron chi connectivity index (χ2n) is 5.41. The third-order valence-corrected chi connectivity index (χ3v) is 3.40. The zero-order chi connectivity index (χ0) is 14.4. The van der Waals surface area contributed by atoms with Crippen LogP contribution in [0.5, 0.6) is 5.75 Å². The number of rotatable bonds is 6. The molecule has 2 atom stereocenters. The van der Waals surface area contributed by atoms with E-state index in [-0.39, 0.29) is 0 Å². The standard InChI is InChI=1S/C16H23NO3/c1-13-10-17(11-14(2)20-13)8-3-9-19-16-6-4-15(12-18)5-7-16/h4-7,12-14H,3,8-11H2,1-2H3. The van der Waals surface area contributed by atoms with E-state index in [9.17, 15) is 4.79 Å². The summed E-state index contributed by atoms with van der Waals surface area (Å²) in [4.78, 5) is 13.0. The van der Waals surface area contributed by atoms with E-state index in [1.807, 2.05) is 12.1 Å². The van der Waals surface area contributed by atoms with Gasteiger partial charge in [-0.3, -0.25) is 9.69 Å². The van der Waals surface area contributed by atoms with E-state index in [0.717, 1.165) is 38.1 Å². The number of hydrogen-bond donors (Lipinski definition) is 0. The SMILES string of the molecule is CC1CN(CCCOc2ccc(C=O)cc2)CC(C)O1. The topological polar surface area (TPSA) is 38.8 Å². The Kier molecular flexibility index (Phi) is 5.56. The van der Waals surface area contributed by atoms with Crippen LogP contribution in [0.2, 0.25) is 0 Å². The van der Waals surface area contributed by atoms with Crippen molar-refractivity contribution >= 4 is 6.29 Å². The highest BCUT2D eigenvalue weighted by Crippen LogP contribution is 2.13. The fraction of sp³-hybridized carbons (Fsp3) is 0.562. The molecule has 0 bridgehead atoms. The van der Waals surface area contributed by atoms with Gasteiger partial charge < -0.3 is 9.47 Å². The summed E-state index contributed by atoms with van der Waals surface area (Å²) in [6.45, 7) is 7.96. The molecule has 2 rings (SSSR count). The highest BCUT2D eigenvalue weighted by Gasteiger charge is 2.21. The van der Waals surface area contributed by atoms with Crippen LogP contribution in [0.15, 0.2) is 24.3 Å². The fourth-order valence-corrected chi connectivity index (χ4v) is 2.59. The molecule has 1 fully saturated rings. The summed E-state index contributed by atoms with van der Waals surface area (Å²) in [5.74, 6) is 0.819. The van der Waals surface area contributed by atoms with Gasteiger partial charge in [0.25, 0.3) is 0 Å². The average molecular weight is 277 g/mol. The molecule has 1 aromatic carbocycles. The molecule has 20 heavy (non-hydrogen) atoms. The molecule has 0 radical (unpaired) electrons. The quantitative estimate of drug-likeness (QED) is 0.591. The molecule has 4 nitrogen and oxygen atoms in total. The van der Waals surface area contributed by atoms with Gasteiger partial charge in [-0.25, -0.2) is 0 Å². The van der Waals surface area contributed by atoms with Crippen molar-refractivity contribution in [2.75, 3.05) is 26.2 Å². The summed E-state index contributed by atoms with van der Waals surface area (Å²) < 4.78 is 11.4. The first-order valence-electron chi connectivity index (χ1n) is 7.23. The number of hydrogen-bond acceptors (Lipinski definition) is 4. The Labute approximate surface area is 120 Å². The molecule has 2 unspecified atom stereocenters. The van der Waals surface area contributed by atoms with Crippen molar-refractivity contribution in [2.24, 2.45) is 0 Å². The largest absolute Gasteiger partial charge is 0.494 e. The molecular weight excluding hydrogens is 254 g/mol. The summed E-state index contributed by atoms with van der Waals surface area (Å²) >= 11 is 0. The summed E-state index contributed by atoms with van der Waals surface area (Å²) in [6.07, 6.45) is 2.46. The van der Waals surface area contributed by atoms with E-state index in [0.29, 0.717) is 24.4 Å². The van der Waals surface area contributed by atoms with Crippen LogP contribution >= 0.6 is 0 Å². The molecule has 4 heteroatoms. The second kappa shape index (κ2) is 7.41. The third-order valence-electron chi connectivity index (χ3n) is 3.40. The van der Waals surface area contributed by atoms with E-state index in [1.54, 1.807) is 12.1 Å². The molecule has 1 aliphatic rings. The van der Waals surface area contributed by atoms with Gasteiger partial charge in [-0.15, -0.1) is 0 Å². The molecule has 110 valence electrons. The summed E-state index contributed by atoms with van der Waals surface area (Å²) in [7, 11) is 0. The molecule has 0 amide bonds. The highest BCUT2D eigenvalue weighted by molar-refractivity contribution is 5.74. The van der Waals surface area contributed by atoms with Gasteiger partial charge >= 0.3 is 0 Å². The highest BCUT2D eigenvalue weighted by atomic mass is 16.5. The van der Waals surface area contributed by atoms with Crippen LogP contribution in [0.4, 0.5) is 0 Å². The number of ether oxygens (including phenoxy) is 2. The lowest BCUT2D eigenvalue weighted by molar-refractivity contribution is -0.0686. The van der Waals surface area contributed by atoms with E-state index >= 15 is 0 Å². The Morgan fingerprint density at radius 2 is 1.90 bits per heavy atom. The minimum atomic E-state index is 0.315. The third kappa shape index (κ3) is 4.62. The number of carbonyl (C=O) groups excluding carboxylic acids is 1. The monoisotopic (exact) mass is 277 g/mol. The Bertz CT molecular complexity index is 408. The van der Waals surface area contributed by atoms with E-state index < -0.39 is 0 Å². The fourth-order valence-electron chi connectivity index (χ4n) is 2.59. The molecule has 1 heterocycles. The molecule has 0 N–H and O–H groups in total. The zero-order valence-corrected chi connectivity index (χ0v) is 12.2. The Balaban J connectivity index is 1.66. The smallest absolute Gasteiger partial charge is 0.150 e. The van der Waals surface area contributed by atoms with Gasteiger partial charge in [0.1, 0.15) is 12.0 Å². The molecule has 0 spiro atoms. The number of morpholine rings is 1. The van der Waals surface area contributed by atoms with Crippen LogP contribution in [-0.4, -0.2) is 49.6 Å². The predicted molar refractivity (Wildman–Crippen MR) is 78.4 cm³/mol. The summed E-state index contributed by atoms with van der Waals surface area (Å²) in [5, 5.41) is 0. The van der Waals surface area contributed by atoms with Crippen LogP contribution < -0.4 is 4.74 Å². The molecule has 1 aliphatic heterocycles. The van der Waals surface area contributed by atoms with Gasteiger partial charge in [0.15, 0.2) is 0 Å². The molecule has 1 aromatic rings. The molecule has 0 aliphatic carbocycles. The summed E-state index contributed by atoms with van der Waals surface area (Å²) in [6, 6.07) is 7.21. The number of aldehydes is 1. The van der Waals surface area contributed by atoms with Crippen LogP contribution in [0.1, 0.15) is 30.6 Å². The first kappa shape index (κ1) is 15.0. The summed E-state index contributed by atoms with van der Waals surface area (Å²) in [5.41, 5.74) is 0.675. The van der Waals surface area contributed by atoms with E-state index in [2.05, 4.69) is 18.7 Å². The molecule has 1 saturated heterocycles. The second-order valence-corrected chi connectivity index (χ2v) is 5.41. The van der Waals surface area contributed by atoms with Crippen LogP contribution in [0.25, 0.3) is 0 Å². The normalized spacial score (nSPS) is 23.5. The first-order valence-corrected chi connectivity index (χ1v) is 7.23. The lowest BCUT2D eigenvalue weighted by Gasteiger charge is -2.35. The van der Waals surface area contributed by atoms with Crippen molar-refractivity contribution in [3.05, 3.63) is 29.8 Å². The minimum Gasteiger partial charge on any atom is -0.494 e. The van der Waals surface area contributed by atoms with Crippen LogP contribution in [-0.2, 0) is 4.74 Å². The van der Waals surface area contributed by atoms with E-state index in [1.165, 1.54) is 0 Å². The van der Waals surface area contributed by atoms with Crippen molar-refractivity contribution in [1.29, 1.82) is 0 Å². The molecule has 0 aromatic heterocycles. The van der Waals surface area contributed by atoms with Crippen molar-refractivity contribution < 1.29 is 14.3 Å². The lowest BCUT2D eigenvalue weighted by Crippen LogP contribution is -2.45. The van der Waals surface area contributed by atoms with Crippen LogP contribution in [0.3, 0.4) is 0 Å². The van der Waals surface area contributed by atoms with E-state index in [4.69, 9.17) is 9.47 Å². The Hall–Kier alpha value is -1.39. The lowest BCUT2D eigenvalue weighted by atomic mass is 10.2. The predicted octanol–water partition coefficient (Wildman–Crippen LogP) is 2.38. The van der Waals surface area contributed by atoms with Gasteiger partial charge in [0.05, 0.1) is 18.8 Å². The van der Waals surface area contributed by atoms with Gasteiger partial charge in [0, 0.05) is 25.2 Å². The zero-order valence-electron chi connectivity index (χ0n) is 12.2.